The largest absolute Gasteiger partial charge is 0.316 e. The molecule has 1 aliphatic rings. The standard InChI is InChI=1S/C13H17NO/c15-10-13-6-2-1-5-12(13)8-11-4-3-7-14-9-11/h1-2,5-6,10-11,14H,3-4,7-9H2. The molecule has 80 valence electrons. The van der Waals surface area contributed by atoms with E-state index in [0.717, 1.165) is 31.4 Å². The first kappa shape index (κ1) is 10.4. The molecule has 1 N–H and O–H groups in total. The minimum absolute atomic E-state index is 0.694. The Morgan fingerprint density at radius 1 is 1.40 bits per heavy atom. The molecule has 1 unspecified atom stereocenters. The van der Waals surface area contributed by atoms with E-state index in [9.17, 15) is 4.79 Å². The van der Waals surface area contributed by atoms with Crippen LogP contribution in [0, 0.1) is 5.92 Å². The summed E-state index contributed by atoms with van der Waals surface area (Å²) in [5.74, 6) is 0.694. The quantitative estimate of drug-likeness (QED) is 0.762. The lowest BCUT2D eigenvalue weighted by Crippen LogP contribution is -2.31. The smallest absolute Gasteiger partial charge is 0.150 e. The second-order valence-electron chi connectivity index (χ2n) is 4.23. The molecule has 0 aromatic heterocycles. The van der Waals surface area contributed by atoms with Gasteiger partial charge < -0.3 is 5.32 Å². The zero-order valence-corrected chi connectivity index (χ0v) is 8.91. The van der Waals surface area contributed by atoms with Crippen LogP contribution < -0.4 is 5.32 Å². The van der Waals surface area contributed by atoms with Crippen LogP contribution in [0.4, 0.5) is 0 Å². The molecule has 0 radical (unpaired) electrons. The highest BCUT2D eigenvalue weighted by atomic mass is 16.1. The molecule has 2 rings (SSSR count). The predicted octanol–water partition coefficient (Wildman–Crippen LogP) is 2.04. The number of carbonyl (C=O) groups is 1. The van der Waals surface area contributed by atoms with Crippen molar-refractivity contribution in [3.8, 4) is 0 Å². The summed E-state index contributed by atoms with van der Waals surface area (Å²) in [6.45, 7) is 2.24. The molecule has 1 aliphatic heterocycles. The number of hydrogen-bond donors (Lipinski definition) is 1. The van der Waals surface area contributed by atoms with Gasteiger partial charge in [0.15, 0.2) is 0 Å². The van der Waals surface area contributed by atoms with Crippen molar-refractivity contribution in [3.05, 3.63) is 35.4 Å². The van der Waals surface area contributed by atoms with Crippen molar-refractivity contribution in [3.63, 3.8) is 0 Å². The minimum atomic E-state index is 0.694. The average molecular weight is 203 g/mol. The molecule has 1 aromatic carbocycles. The van der Waals surface area contributed by atoms with E-state index in [1.165, 1.54) is 18.4 Å². The Bertz CT molecular complexity index is 329. The lowest BCUT2D eigenvalue weighted by Gasteiger charge is -2.23. The molecule has 2 nitrogen and oxygen atoms in total. The monoisotopic (exact) mass is 203 g/mol. The van der Waals surface area contributed by atoms with E-state index in [1.807, 2.05) is 18.2 Å². The fraction of sp³-hybridized carbons (Fsp3) is 0.462. The van der Waals surface area contributed by atoms with E-state index in [2.05, 4.69) is 11.4 Å². The Morgan fingerprint density at radius 2 is 2.27 bits per heavy atom. The zero-order chi connectivity index (χ0) is 10.5. The number of nitrogens with one attached hydrogen (secondary N) is 1. The van der Waals surface area contributed by atoms with Crippen LogP contribution in [0.5, 0.6) is 0 Å². The molecule has 15 heavy (non-hydrogen) atoms. The van der Waals surface area contributed by atoms with Crippen LogP contribution in [0.2, 0.25) is 0 Å². The predicted molar refractivity (Wildman–Crippen MR) is 61.1 cm³/mol. The van der Waals surface area contributed by atoms with E-state index in [0.29, 0.717) is 5.92 Å². The highest BCUT2D eigenvalue weighted by Crippen LogP contribution is 2.18. The van der Waals surface area contributed by atoms with E-state index < -0.39 is 0 Å². The third-order valence-electron chi connectivity index (χ3n) is 3.09. The molecule has 2 heteroatoms. The first-order valence-corrected chi connectivity index (χ1v) is 5.64. The normalized spacial score (nSPS) is 21.2. The van der Waals surface area contributed by atoms with E-state index in [1.54, 1.807) is 0 Å². The van der Waals surface area contributed by atoms with Gasteiger partial charge in [-0.2, -0.15) is 0 Å². The SMILES string of the molecule is O=Cc1ccccc1CC1CCCNC1. The first-order valence-electron chi connectivity index (χ1n) is 5.64. The number of hydrogen-bond acceptors (Lipinski definition) is 2. The summed E-state index contributed by atoms with van der Waals surface area (Å²) in [4.78, 5) is 10.9. The summed E-state index contributed by atoms with van der Waals surface area (Å²) in [5.41, 5.74) is 2.05. The average Bonchev–Trinajstić information content (AvgIpc) is 2.31. The Kier molecular flexibility index (Phi) is 3.51. The van der Waals surface area contributed by atoms with Crippen molar-refractivity contribution in [1.29, 1.82) is 0 Å². The van der Waals surface area contributed by atoms with Gasteiger partial charge in [-0.25, -0.2) is 0 Å². The van der Waals surface area contributed by atoms with Crippen LogP contribution in [-0.4, -0.2) is 19.4 Å². The Hall–Kier alpha value is -1.15. The molecule has 0 bridgehead atoms. The summed E-state index contributed by atoms with van der Waals surface area (Å²) in [7, 11) is 0. The van der Waals surface area contributed by atoms with Crippen molar-refractivity contribution in [2.45, 2.75) is 19.3 Å². The molecule has 1 saturated heterocycles. The van der Waals surface area contributed by atoms with E-state index in [4.69, 9.17) is 0 Å². The van der Waals surface area contributed by atoms with E-state index in [-0.39, 0.29) is 0 Å². The molecule has 0 amide bonds. The molecule has 1 atom stereocenters. The maximum Gasteiger partial charge on any atom is 0.150 e. The van der Waals surface area contributed by atoms with Crippen LogP contribution in [0.3, 0.4) is 0 Å². The van der Waals surface area contributed by atoms with Gasteiger partial charge >= 0.3 is 0 Å². The van der Waals surface area contributed by atoms with Gasteiger partial charge in [-0.05, 0) is 43.8 Å². The highest BCUT2D eigenvalue weighted by molar-refractivity contribution is 5.77. The molecule has 0 saturated carbocycles. The topological polar surface area (TPSA) is 29.1 Å². The summed E-state index contributed by atoms with van der Waals surface area (Å²) >= 11 is 0. The van der Waals surface area contributed by atoms with Gasteiger partial charge in [-0.15, -0.1) is 0 Å². The number of piperidine rings is 1. The molecule has 1 fully saturated rings. The van der Waals surface area contributed by atoms with Crippen molar-refractivity contribution >= 4 is 6.29 Å². The summed E-state index contributed by atoms with van der Waals surface area (Å²) in [6.07, 6.45) is 4.53. The van der Waals surface area contributed by atoms with Crippen molar-refractivity contribution < 1.29 is 4.79 Å². The lowest BCUT2D eigenvalue weighted by molar-refractivity contribution is 0.112. The highest BCUT2D eigenvalue weighted by Gasteiger charge is 2.14. The van der Waals surface area contributed by atoms with Crippen LogP contribution >= 0.6 is 0 Å². The second kappa shape index (κ2) is 5.08. The maximum atomic E-state index is 10.9. The third kappa shape index (κ3) is 2.66. The van der Waals surface area contributed by atoms with Gasteiger partial charge in [0, 0.05) is 5.56 Å². The fourth-order valence-electron chi connectivity index (χ4n) is 2.24. The molecular formula is C13H17NO. The summed E-state index contributed by atoms with van der Waals surface area (Å²) in [6, 6.07) is 7.90. The van der Waals surface area contributed by atoms with Gasteiger partial charge in [0.05, 0.1) is 0 Å². The molecule has 1 heterocycles. The van der Waals surface area contributed by atoms with Crippen LogP contribution in [0.1, 0.15) is 28.8 Å². The van der Waals surface area contributed by atoms with Gasteiger partial charge in [0.25, 0.3) is 0 Å². The number of carbonyl (C=O) groups excluding carboxylic acids is 1. The van der Waals surface area contributed by atoms with Crippen LogP contribution in [-0.2, 0) is 6.42 Å². The Balaban J connectivity index is 2.05. The maximum absolute atomic E-state index is 10.9. The van der Waals surface area contributed by atoms with Crippen LogP contribution in [0.15, 0.2) is 24.3 Å². The van der Waals surface area contributed by atoms with Crippen LogP contribution in [0.25, 0.3) is 0 Å². The number of benzene rings is 1. The van der Waals surface area contributed by atoms with Crippen molar-refractivity contribution in [1.82, 2.24) is 5.32 Å². The second-order valence-corrected chi connectivity index (χ2v) is 4.23. The number of rotatable bonds is 3. The van der Waals surface area contributed by atoms with Crippen molar-refractivity contribution in [2.24, 2.45) is 5.92 Å². The van der Waals surface area contributed by atoms with Gasteiger partial charge in [-0.3, -0.25) is 4.79 Å². The first-order chi connectivity index (χ1) is 7.40. The number of aldehydes is 1. The third-order valence-corrected chi connectivity index (χ3v) is 3.09. The lowest BCUT2D eigenvalue weighted by atomic mass is 9.90. The zero-order valence-electron chi connectivity index (χ0n) is 8.91. The molecule has 0 aliphatic carbocycles. The summed E-state index contributed by atoms with van der Waals surface area (Å²) < 4.78 is 0. The minimum Gasteiger partial charge on any atom is -0.316 e. The van der Waals surface area contributed by atoms with Gasteiger partial charge in [0.2, 0.25) is 0 Å². The van der Waals surface area contributed by atoms with Crippen molar-refractivity contribution in [2.75, 3.05) is 13.1 Å². The molecule has 0 spiro atoms. The molecular weight excluding hydrogens is 186 g/mol. The van der Waals surface area contributed by atoms with Gasteiger partial charge in [0.1, 0.15) is 6.29 Å². The van der Waals surface area contributed by atoms with E-state index >= 15 is 0 Å². The summed E-state index contributed by atoms with van der Waals surface area (Å²) in [5, 5.41) is 3.40. The molecule has 1 aromatic rings. The Labute approximate surface area is 90.7 Å². The fourth-order valence-corrected chi connectivity index (χ4v) is 2.24. The van der Waals surface area contributed by atoms with Gasteiger partial charge in [-0.1, -0.05) is 24.3 Å². The Morgan fingerprint density at radius 3 is 3.00 bits per heavy atom.